The van der Waals surface area contributed by atoms with Gasteiger partial charge >= 0.3 is 11.9 Å². The Bertz CT molecular complexity index is 1430. The molecule has 0 atom stereocenters. The van der Waals surface area contributed by atoms with Crippen LogP contribution in [0.2, 0.25) is 0 Å². The highest BCUT2D eigenvalue weighted by molar-refractivity contribution is 7.89. The average molecular weight is 513 g/mol. The molecule has 190 valence electrons. The zero-order valence-corrected chi connectivity index (χ0v) is 21.5. The molecule has 0 spiro atoms. The molecular weight excluding hydrogens is 484 g/mol. The lowest BCUT2D eigenvalue weighted by Gasteiger charge is -2.13. The third-order valence-corrected chi connectivity index (χ3v) is 6.93. The molecule has 10 heteroatoms. The maximum absolute atomic E-state index is 12.7. The van der Waals surface area contributed by atoms with Gasteiger partial charge in [0.1, 0.15) is 17.3 Å². The SMILES string of the molecule is COC(=O)c1c(COC(=O)/C=C/c2ccc(OC)c(S(=O)(=O)NC(C)C)c2)nc2ccccc2c1C. The first-order chi connectivity index (χ1) is 17.1. The first-order valence-corrected chi connectivity index (χ1v) is 12.6. The lowest BCUT2D eigenvalue weighted by Crippen LogP contribution is -2.30. The number of nitrogens with one attached hydrogen (secondary N) is 1. The second-order valence-corrected chi connectivity index (χ2v) is 9.88. The van der Waals surface area contributed by atoms with Crippen LogP contribution in [0.25, 0.3) is 17.0 Å². The Morgan fingerprint density at radius 2 is 1.83 bits per heavy atom. The number of ether oxygens (including phenoxy) is 3. The van der Waals surface area contributed by atoms with Gasteiger partial charge in [0.05, 0.1) is 31.0 Å². The summed E-state index contributed by atoms with van der Waals surface area (Å²) in [5.74, 6) is -1.09. The molecule has 0 aliphatic carbocycles. The van der Waals surface area contributed by atoms with E-state index in [9.17, 15) is 18.0 Å². The first kappa shape index (κ1) is 26.8. The lowest BCUT2D eigenvalue weighted by atomic mass is 10.0. The van der Waals surface area contributed by atoms with Crippen molar-refractivity contribution in [3.8, 4) is 5.75 Å². The molecule has 9 nitrogen and oxygen atoms in total. The summed E-state index contributed by atoms with van der Waals surface area (Å²) in [4.78, 5) is 29.3. The zero-order chi connectivity index (χ0) is 26.5. The molecule has 0 fully saturated rings. The maximum atomic E-state index is 12.7. The van der Waals surface area contributed by atoms with Crippen LogP contribution in [0.5, 0.6) is 5.75 Å². The van der Waals surface area contributed by atoms with E-state index in [1.807, 2.05) is 18.2 Å². The minimum atomic E-state index is -3.82. The zero-order valence-electron chi connectivity index (χ0n) is 20.7. The number of esters is 2. The number of aromatic nitrogens is 1. The van der Waals surface area contributed by atoms with E-state index in [1.165, 1.54) is 38.5 Å². The molecule has 2 aromatic carbocycles. The molecule has 3 aromatic rings. The van der Waals surface area contributed by atoms with Gasteiger partial charge in [-0.25, -0.2) is 27.7 Å². The Kier molecular flexibility index (Phi) is 8.44. The smallest absolute Gasteiger partial charge is 0.340 e. The van der Waals surface area contributed by atoms with Crippen molar-refractivity contribution in [1.29, 1.82) is 0 Å². The van der Waals surface area contributed by atoms with Crippen molar-refractivity contribution in [2.45, 2.75) is 38.3 Å². The number of pyridine rings is 1. The third kappa shape index (κ3) is 6.07. The summed E-state index contributed by atoms with van der Waals surface area (Å²) in [5.41, 5.74) is 2.31. The molecule has 36 heavy (non-hydrogen) atoms. The minimum absolute atomic E-state index is 0.0484. The van der Waals surface area contributed by atoms with E-state index < -0.39 is 22.0 Å². The van der Waals surface area contributed by atoms with Gasteiger partial charge < -0.3 is 14.2 Å². The van der Waals surface area contributed by atoms with Gasteiger partial charge in [-0.2, -0.15) is 0 Å². The summed E-state index contributed by atoms with van der Waals surface area (Å²) in [6.45, 7) is 4.95. The van der Waals surface area contributed by atoms with Gasteiger partial charge in [-0.1, -0.05) is 24.3 Å². The Morgan fingerprint density at radius 3 is 2.50 bits per heavy atom. The second-order valence-electron chi connectivity index (χ2n) is 8.19. The number of nitrogens with zero attached hydrogens (tertiary/aromatic N) is 1. The molecule has 0 saturated carbocycles. The van der Waals surface area contributed by atoms with Crippen LogP contribution in [0.3, 0.4) is 0 Å². The molecule has 0 amide bonds. The van der Waals surface area contributed by atoms with Gasteiger partial charge in [0.2, 0.25) is 10.0 Å². The number of rotatable bonds is 9. The number of fused-ring (bicyclic) bond motifs is 1. The Hall–Kier alpha value is -3.76. The van der Waals surface area contributed by atoms with E-state index in [1.54, 1.807) is 32.9 Å². The molecule has 0 saturated heterocycles. The summed E-state index contributed by atoms with van der Waals surface area (Å²) in [7, 11) is -1.17. The number of aryl methyl sites for hydroxylation is 1. The number of hydrogen-bond acceptors (Lipinski definition) is 8. The number of benzene rings is 2. The fourth-order valence-electron chi connectivity index (χ4n) is 3.65. The largest absolute Gasteiger partial charge is 0.495 e. The molecular formula is C26H28N2O7S. The van der Waals surface area contributed by atoms with Crippen molar-refractivity contribution in [2.75, 3.05) is 14.2 Å². The van der Waals surface area contributed by atoms with Crippen LogP contribution in [-0.4, -0.2) is 45.6 Å². The number of para-hydroxylation sites is 1. The average Bonchev–Trinajstić information content (AvgIpc) is 2.85. The van der Waals surface area contributed by atoms with Crippen molar-refractivity contribution in [1.82, 2.24) is 9.71 Å². The van der Waals surface area contributed by atoms with Gasteiger partial charge in [-0.15, -0.1) is 0 Å². The maximum Gasteiger partial charge on any atom is 0.340 e. The highest BCUT2D eigenvalue weighted by atomic mass is 32.2. The van der Waals surface area contributed by atoms with Gasteiger partial charge in [0.15, 0.2) is 0 Å². The van der Waals surface area contributed by atoms with E-state index in [0.29, 0.717) is 16.6 Å². The second kappa shape index (κ2) is 11.3. The Morgan fingerprint density at radius 1 is 1.11 bits per heavy atom. The number of carbonyl (C=O) groups excluding carboxylic acids is 2. The van der Waals surface area contributed by atoms with Gasteiger partial charge in [0, 0.05) is 17.5 Å². The van der Waals surface area contributed by atoms with Crippen LogP contribution in [0.4, 0.5) is 0 Å². The van der Waals surface area contributed by atoms with Crippen molar-refractivity contribution in [2.24, 2.45) is 0 Å². The highest BCUT2D eigenvalue weighted by Crippen LogP contribution is 2.26. The van der Waals surface area contributed by atoms with E-state index in [-0.39, 0.29) is 34.6 Å². The first-order valence-electron chi connectivity index (χ1n) is 11.1. The number of sulfonamides is 1. The summed E-state index contributed by atoms with van der Waals surface area (Å²) < 4.78 is 43.2. The van der Waals surface area contributed by atoms with Crippen LogP contribution in [0, 0.1) is 6.92 Å². The third-order valence-electron chi connectivity index (χ3n) is 5.25. The van der Waals surface area contributed by atoms with E-state index in [0.717, 1.165) is 5.39 Å². The van der Waals surface area contributed by atoms with Gasteiger partial charge in [-0.05, 0) is 56.2 Å². The minimum Gasteiger partial charge on any atom is -0.495 e. The van der Waals surface area contributed by atoms with Crippen LogP contribution in [0.1, 0.15) is 41.0 Å². The standard InChI is InChI=1S/C26H28N2O7S/c1-16(2)28-36(31,32)23-14-18(10-12-22(23)33-4)11-13-24(29)35-15-21-25(26(30)34-5)17(3)19-8-6-7-9-20(19)27-21/h6-14,16,28H,15H2,1-5H3/b13-11+. The summed E-state index contributed by atoms with van der Waals surface area (Å²) in [5, 5.41) is 0.796. The van der Waals surface area contributed by atoms with Crippen molar-refractivity contribution in [3.05, 3.63) is 70.9 Å². The van der Waals surface area contributed by atoms with Crippen LogP contribution >= 0.6 is 0 Å². The topological polar surface area (TPSA) is 121 Å². The van der Waals surface area contributed by atoms with Crippen molar-refractivity contribution >= 4 is 38.9 Å². The number of methoxy groups -OCH3 is 2. The van der Waals surface area contributed by atoms with Gasteiger partial charge in [-0.3, -0.25) is 0 Å². The van der Waals surface area contributed by atoms with E-state index in [4.69, 9.17) is 14.2 Å². The van der Waals surface area contributed by atoms with E-state index in [2.05, 4.69) is 9.71 Å². The fraction of sp³-hybridized carbons (Fsp3) is 0.269. The molecule has 3 rings (SSSR count). The van der Waals surface area contributed by atoms with Crippen LogP contribution < -0.4 is 9.46 Å². The van der Waals surface area contributed by atoms with Crippen molar-refractivity contribution in [3.63, 3.8) is 0 Å². The molecule has 0 radical (unpaired) electrons. The van der Waals surface area contributed by atoms with E-state index >= 15 is 0 Å². The molecule has 0 unspecified atom stereocenters. The lowest BCUT2D eigenvalue weighted by molar-refractivity contribution is -0.139. The molecule has 0 aliphatic rings. The van der Waals surface area contributed by atoms with Gasteiger partial charge in [0.25, 0.3) is 0 Å². The Labute approximate surface area is 210 Å². The molecule has 0 aliphatic heterocycles. The predicted molar refractivity (Wildman–Crippen MR) is 135 cm³/mol. The normalized spacial score (nSPS) is 11.7. The fourth-order valence-corrected chi connectivity index (χ4v) is 5.11. The quantitative estimate of drug-likeness (QED) is 0.340. The number of hydrogen-bond donors (Lipinski definition) is 1. The predicted octanol–water partition coefficient (Wildman–Crippen LogP) is 3.78. The summed E-state index contributed by atoms with van der Waals surface area (Å²) >= 11 is 0. The molecule has 1 N–H and O–H groups in total. The molecule has 1 heterocycles. The van der Waals surface area contributed by atoms with Crippen molar-refractivity contribution < 1.29 is 32.2 Å². The Balaban J connectivity index is 1.83. The summed E-state index contributed by atoms with van der Waals surface area (Å²) in [6.07, 6.45) is 2.59. The summed E-state index contributed by atoms with van der Waals surface area (Å²) in [6, 6.07) is 11.5. The monoisotopic (exact) mass is 512 g/mol. The number of carbonyl (C=O) groups is 2. The van der Waals surface area contributed by atoms with Crippen LogP contribution in [-0.2, 0) is 30.9 Å². The highest BCUT2D eigenvalue weighted by Gasteiger charge is 2.22. The molecule has 0 bridgehead atoms. The molecule has 1 aromatic heterocycles. The van der Waals surface area contributed by atoms with Crippen LogP contribution in [0.15, 0.2) is 53.4 Å².